The van der Waals surface area contributed by atoms with Crippen molar-refractivity contribution in [3.05, 3.63) is 230 Å². The van der Waals surface area contributed by atoms with Crippen molar-refractivity contribution in [2.45, 2.75) is 147 Å². The van der Waals surface area contributed by atoms with Crippen molar-refractivity contribution in [2.75, 3.05) is 33.0 Å². The van der Waals surface area contributed by atoms with Gasteiger partial charge in [-0.1, -0.05) is 86.3 Å². The van der Waals surface area contributed by atoms with E-state index < -0.39 is 0 Å². The van der Waals surface area contributed by atoms with E-state index in [0.29, 0.717) is 26.4 Å². The molecule has 84 heavy (non-hydrogen) atoms. The summed E-state index contributed by atoms with van der Waals surface area (Å²) in [6.07, 6.45) is 50.0. The zero-order valence-corrected chi connectivity index (χ0v) is 51.2. The molecule has 0 fully saturated rings. The highest BCUT2D eigenvalue weighted by Crippen LogP contribution is 2.25. The Labute approximate surface area is 503 Å². The summed E-state index contributed by atoms with van der Waals surface area (Å²) in [4.78, 5) is 0. The summed E-state index contributed by atoms with van der Waals surface area (Å²) in [6.45, 7) is 5.38. The van der Waals surface area contributed by atoms with E-state index in [1.807, 2.05) is 93.3 Å². The van der Waals surface area contributed by atoms with Gasteiger partial charge in [-0.25, -0.2) is 18.3 Å². The lowest BCUT2D eigenvalue weighted by Gasteiger charge is -2.24. The number of hydrogen-bond donors (Lipinski definition) is 0. The van der Waals surface area contributed by atoms with Gasteiger partial charge in [-0.15, -0.1) is 0 Å². The molecule has 9 rings (SSSR count). The molecule has 4 aromatic heterocycles. The second-order valence-corrected chi connectivity index (χ2v) is 21.9. The van der Waals surface area contributed by atoms with E-state index in [0.717, 1.165) is 87.0 Å². The van der Waals surface area contributed by atoms with Crippen LogP contribution in [0.1, 0.15) is 137 Å². The standard InChI is InChI=1S/C24H32NO2.C20H24NO2.C14H20NO2.C14H22NO2/c1-25-17-15-21(16-18-25)11-7-4-2-3-5-10-14-23-19-27-24(20-26-23)22-12-8-6-9-13-22;1-21-13-11-17(12-14-21)7-5-6-10-19-15-23-20(16-22-19)18-8-3-2-4-9-18;1-15-8-6-13(7-9-15)4-2-3-5-14-12-16-10-11-17-14;1-3-16-12-13-17-11-5-4-6-14-7-9-15(2)10-8-14/h6,8-9,12-13,15-18,20,23H,2-5,7,10-11,14,19H2,1H3;2-4,8-9,11-14,16,19H,5-7,10,15H2,1H3;6-11,14H,2-5,12H2,1H3;7-10,12-13H,3-6,11H2,1-2H3/q4*+1/b;;;13-12+. The van der Waals surface area contributed by atoms with Crippen molar-refractivity contribution in [3.8, 4) is 0 Å². The molecule has 450 valence electrons. The molecular formula is C72H98N4O8+4. The third kappa shape index (κ3) is 28.1. The van der Waals surface area contributed by atoms with Crippen LogP contribution in [0.15, 0.2) is 196 Å². The highest BCUT2D eigenvalue weighted by molar-refractivity contribution is 5.59. The monoisotopic (exact) mass is 1150 g/mol. The Bertz CT molecular complexity index is 2750. The van der Waals surface area contributed by atoms with Crippen molar-refractivity contribution in [2.24, 2.45) is 28.2 Å². The van der Waals surface area contributed by atoms with E-state index in [9.17, 15) is 0 Å². The van der Waals surface area contributed by atoms with E-state index >= 15 is 0 Å². The molecule has 3 aliphatic rings. The van der Waals surface area contributed by atoms with Gasteiger partial charge in [0.15, 0.2) is 61.1 Å². The van der Waals surface area contributed by atoms with Crippen LogP contribution in [0.3, 0.4) is 0 Å². The van der Waals surface area contributed by atoms with Crippen LogP contribution in [0, 0.1) is 0 Å². The molecule has 3 unspecified atom stereocenters. The maximum absolute atomic E-state index is 5.87. The zero-order valence-electron chi connectivity index (χ0n) is 51.2. The molecule has 0 amide bonds. The summed E-state index contributed by atoms with van der Waals surface area (Å²) in [5.41, 5.74) is 7.79. The van der Waals surface area contributed by atoms with Gasteiger partial charge in [-0.05, 0) is 125 Å². The van der Waals surface area contributed by atoms with E-state index in [4.69, 9.17) is 37.9 Å². The molecule has 3 aliphatic heterocycles. The maximum atomic E-state index is 5.87. The van der Waals surface area contributed by atoms with Crippen LogP contribution in [0.5, 0.6) is 0 Å². The Kier molecular flexibility index (Phi) is 31.7. The van der Waals surface area contributed by atoms with Gasteiger partial charge in [-0.2, -0.15) is 0 Å². The first-order valence-electron chi connectivity index (χ1n) is 30.9. The van der Waals surface area contributed by atoms with Crippen LogP contribution in [-0.4, -0.2) is 51.3 Å². The van der Waals surface area contributed by atoms with Crippen molar-refractivity contribution in [1.29, 1.82) is 0 Å². The third-order valence-electron chi connectivity index (χ3n) is 14.7. The smallest absolute Gasteiger partial charge is 0.168 e. The van der Waals surface area contributed by atoms with Crippen molar-refractivity contribution >= 4 is 11.5 Å². The molecule has 0 aliphatic carbocycles. The van der Waals surface area contributed by atoms with Gasteiger partial charge in [0.1, 0.15) is 104 Å². The first kappa shape index (κ1) is 65.6. The van der Waals surface area contributed by atoms with Crippen LogP contribution >= 0.6 is 0 Å². The van der Waals surface area contributed by atoms with E-state index in [1.54, 1.807) is 37.6 Å². The predicted octanol–water partition coefficient (Wildman–Crippen LogP) is 13.3. The third-order valence-corrected chi connectivity index (χ3v) is 14.7. The minimum atomic E-state index is 0.177. The Morgan fingerprint density at radius 1 is 0.393 bits per heavy atom. The van der Waals surface area contributed by atoms with Gasteiger partial charge in [0.05, 0.1) is 13.2 Å². The largest absolute Gasteiger partial charge is 0.498 e. The fourth-order valence-electron chi connectivity index (χ4n) is 9.54. The lowest BCUT2D eigenvalue weighted by Crippen LogP contribution is -2.25. The molecule has 6 aromatic rings. The van der Waals surface area contributed by atoms with Crippen LogP contribution in [0.2, 0.25) is 0 Å². The topological polar surface area (TPSA) is 89.4 Å². The summed E-state index contributed by atoms with van der Waals surface area (Å²) in [6, 6.07) is 37.8. The summed E-state index contributed by atoms with van der Waals surface area (Å²) in [7, 11) is 8.17. The number of benzene rings is 2. The number of rotatable bonds is 29. The minimum absolute atomic E-state index is 0.177. The predicted molar refractivity (Wildman–Crippen MR) is 332 cm³/mol. The zero-order chi connectivity index (χ0) is 58.9. The second-order valence-electron chi connectivity index (χ2n) is 21.9. The van der Waals surface area contributed by atoms with Crippen LogP contribution < -0.4 is 18.3 Å². The van der Waals surface area contributed by atoms with Crippen molar-refractivity contribution < 1.29 is 56.2 Å². The van der Waals surface area contributed by atoms with Gasteiger partial charge in [0, 0.05) is 59.7 Å². The van der Waals surface area contributed by atoms with Crippen molar-refractivity contribution in [1.82, 2.24) is 0 Å². The average molecular weight is 1150 g/mol. The molecule has 0 N–H and O–H groups in total. The SMILES string of the molecule is CCO/C=C/OCCCCc1cc[n+](C)cc1.C[n+]1ccc(CCCCC2COC(c3ccccc3)=CO2)cc1.C[n+]1ccc(CCCCC2COC=CO2)cc1.C[n+]1ccc(CCCCCCCCC2COC(c3ccccc3)=CO2)cc1. The first-order valence-corrected chi connectivity index (χ1v) is 30.9. The number of pyridine rings is 4. The average Bonchev–Trinajstić information content (AvgIpc) is 3.57. The number of hydrogen-bond acceptors (Lipinski definition) is 8. The summed E-state index contributed by atoms with van der Waals surface area (Å²) >= 11 is 0. The Morgan fingerprint density at radius 3 is 1.13 bits per heavy atom. The number of nitrogens with zero attached hydrogens (tertiary/aromatic N) is 4. The lowest BCUT2D eigenvalue weighted by molar-refractivity contribution is -0.671. The maximum Gasteiger partial charge on any atom is 0.168 e. The van der Waals surface area contributed by atoms with Crippen molar-refractivity contribution in [3.63, 3.8) is 0 Å². The molecule has 3 atom stereocenters. The highest BCUT2D eigenvalue weighted by Gasteiger charge is 2.19. The molecular weight excluding hydrogens is 1050 g/mol. The molecule has 0 spiro atoms. The number of aromatic nitrogens is 4. The Morgan fingerprint density at radius 2 is 0.750 bits per heavy atom. The number of aryl methyl sites for hydroxylation is 8. The van der Waals surface area contributed by atoms with Crippen LogP contribution in [-0.2, 0) is 91.8 Å². The van der Waals surface area contributed by atoms with E-state index in [1.165, 1.54) is 86.5 Å². The first-order chi connectivity index (χ1) is 41.3. The summed E-state index contributed by atoms with van der Waals surface area (Å²) < 4.78 is 52.6. The quantitative estimate of drug-likeness (QED) is 0.0261. The summed E-state index contributed by atoms with van der Waals surface area (Å²) in [5.74, 6) is 1.68. The normalized spacial score (nSPS) is 15.8. The van der Waals surface area contributed by atoms with Gasteiger partial charge in [0.2, 0.25) is 0 Å². The lowest BCUT2D eigenvalue weighted by atomic mass is 10.0. The Hall–Kier alpha value is -7.60. The van der Waals surface area contributed by atoms with Gasteiger partial charge >= 0.3 is 0 Å². The van der Waals surface area contributed by atoms with E-state index in [2.05, 4.69) is 119 Å². The molecule has 12 heteroatoms. The van der Waals surface area contributed by atoms with Crippen LogP contribution in [0.25, 0.3) is 11.5 Å². The second kappa shape index (κ2) is 40.6. The Balaban J connectivity index is 0.000000183. The van der Waals surface area contributed by atoms with E-state index in [-0.39, 0.29) is 18.3 Å². The molecule has 12 nitrogen and oxygen atoms in total. The molecule has 0 radical (unpaired) electrons. The molecule has 2 aromatic carbocycles. The fourth-order valence-corrected chi connectivity index (χ4v) is 9.54. The fraction of sp³-hybridized carbons (Fsp3) is 0.444. The van der Waals surface area contributed by atoms with Gasteiger partial charge < -0.3 is 37.9 Å². The molecule has 0 saturated carbocycles. The highest BCUT2D eigenvalue weighted by atomic mass is 16.6. The molecule has 7 heterocycles. The summed E-state index contributed by atoms with van der Waals surface area (Å²) in [5, 5.41) is 0. The molecule has 0 saturated heterocycles. The number of unbranched alkanes of at least 4 members (excludes halogenated alkanes) is 8. The number of ether oxygens (including phenoxy) is 8. The van der Waals surface area contributed by atoms with Gasteiger partial charge in [-0.3, -0.25) is 0 Å². The van der Waals surface area contributed by atoms with Gasteiger partial charge in [0.25, 0.3) is 0 Å². The molecule has 0 bridgehead atoms. The minimum Gasteiger partial charge on any atom is -0.498 e. The van der Waals surface area contributed by atoms with Crippen LogP contribution in [0.4, 0.5) is 0 Å².